The molecule has 0 spiro atoms. The normalized spacial score (nSPS) is 11.5. The summed E-state index contributed by atoms with van der Waals surface area (Å²) in [5.74, 6) is -2.36. The van der Waals surface area contributed by atoms with Gasteiger partial charge in [-0.1, -0.05) is 67.4 Å². The quantitative estimate of drug-likeness (QED) is 0.117. The van der Waals surface area contributed by atoms with Crippen LogP contribution in [0.2, 0.25) is 5.02 Å². The number of amides is 2. The van der Waals surface area contributed by atoms with Crippen LogP contribution in [0.5, 0.6) is 0 Å². The number of nitrogens with zero attached hydrogens (tertiary/aromatic N) is 4. The van der Waals surface area contributed by atoms with Crippen molar-refractivity contribution in [3.05, 3.63) is 160 Å². The second-order valence-corrected chi connectivity index (χ2v) is 14.8. The van der Waals surface area contributed by atoms with E-state index in [0.717, 1.165) is 28.9 Å². The molecule has 10 nitrogen and oxygen atoms in total. The number of carbonyl (C=O) groups is 2. The topological polar surface area (TPSA) is 147 Å². The third-order valence-electron chi connectivity index (χ3n) is 8.92. The van der Waals surface area contributed by atoms with Gasteiger partial charge in [0.1, 0.15) is 17.6 Å². The fraction of sp³-hybridized carbons (Fsp3) is 0.146. The van der Waals surface area contributed by atoms with E-state index in [4.69, 9.17) is 11.6 Å². The lowest BCUT2D eigenvalue weighted by atomic mass is 9.97. The van der Waals surface area contributed by atoms with Gasteiger partial charge >= 0.3 is 6.18 Å². The molecule has 2 N–H and O–H groups in total. The number of sulfonamides is 1. The summed E-state index contributed by atoms with van der Waals surface area (Å²) < 4.78 is 89.2. The minimum atomic E-state index is -4.88. The first-order valence-electron chi connectivity index (χ1n) is 17.3. The third-order valence-corrected chi connectivity index (χ3v) is 10.6. The minimum Gasteiger partial charge on any atom is -0.322 e. The number of benzene rings is 4. The molecule has 0 atom stereocenters. The smallest absolute Gasteiger partial charge is 0.322 e. The van der Waals surface area contributed by atoms with Crippen molar-refractivity contribution in [2.45, 2.75) is 43.7 Å². The van der Waals surface area contributed by atoms with Crippen LogP contribution in [0.3, 0.4) is 0 Å². The number of anilines is 1. The Bertz CT molecular complexity index is 2640. The van der Waals surface area contributed by atoms with E-state index in [1.807, 2.05) is 17.7 Å². The number of nitriles is 1. The first kappa shape index (κ1) is 40.3. The molecule has 2 aromatic heterocycles. The van der Waals surface area contributed by atoms with Gasteiger partial charge in [-0.3, -0.25) is 14.6 Å². The van der Waals surface area contributed by atoms with Crippen molar-refractivity contribution < 1.29 is 35.6 Å². The van der Waals surface area contributed by atoms with E-state index in [1.165, 1.54) is 73.1 Å². The lowest BCUT2D eigenvalue weighted by molar-refractivity contribution is -0.137. The molecular weight excluding hydrogens is 784 g/mol. The Morgan fingerprint density at radius 2 is 1.65 bits per heavy atom. The van der Waals surface area contributed by atoms with Crippen LogP contribution in [0.4, 0.5) is 23.2 Å². The monoisotopic (exact) mass is 814 g/mol. The number of pyridine rings is 1. The number of hydrogen-bond donors (Lipinski definition) is 2. The van der Waals surface area contributed by atoms with Crippen molar-refractivity contribution >= 4 is 39.1 Å². The number of halogens is 5. The van der Waals surface area contributed by atoms with Gasteiger partial charge in [-0.2, -0.15) is 23.5 Å². The summed E-state index contributed by atoms with van der Waals surface area (Å²) in [6, 6.07) is 23.3. The Labute approximate surface area is 329 Å². The van der Waals surface area contributed by atoms with E-state index < -0.39 is 45.1 Å². The maximum absolute atomic E-state index is 16.1. The molecule has 16 heteroatoms. The average Bonchev–Trinajstić information content (AvgIpc) is 3.54. The molecule has 6 rings (SSSR count). The molecule has 57 heavy (non-hydrogen) atoms. The molecule has 0 unspecified atom stereocenters. The van der Waals surface area contributed by atoms with E-state index in [9.17, 15) is 36.4 Å². The van der Waals surface area contributed by atoms with Crippen molar-refractivity contribution in [1.82, 2.24) is 19.5 Å². The van der Waals surface area contributed by atoms with Gasteiger partial charge in [0.05, 0.1) is 32.4 Å². The van der Waals surface area contributed by atoms with E-state index in [0.29, 0.717) is 12.8 Å². The molecular formula is C41H31ClF4N6O4S. The van der Waals surface area contributed by atoms with Crippen molar-refractivity contribution in [2.24, 2.45) is 0 Å². The molecule has 0 radical (unpaired) electrons. The predicted octanol–water partition coefficient (Wildman–Crippen LogP) is 8.92. The van der Waals surface area contributed by atoms with Crippen LogP contribution in [0, 0.1) is 17.1 Å². The summed E-state index contributed by atoms with van der Waals surface area (Å²) in [5, 5.41) is 17.5. The van der Waals surface area contributed by atoms with Crippen LogP contribution in [0.1, 0.15) is 68.6 Å². The molecule has 6 aromatic rings. The number of hydrogen-bond acceptors (Lipinski definition) is 7. The molecule has 0 aliphatic heterocycles. The number of nitrogens with one attached hydrogen (secondary N) is 2. The number of carbonyl (C=O) groups excluding carboxylic acids is 2. The van der Waals surface area contributed by atoms with Gasteiger partial charge in [0.15, 0.2) is 0 Å². The molecule has 0 fully saturated rings. The Morgan fingerprint density at radius 1 is 0.930 bits per heavy atom. The second-order valence-electron chi connectivity index (χ2n) is 12.7. The largest absolute Gasteiger partial charge is 0.418 e. The lowest BCUT2D eigenvalue weighted by Crippen LogP contribution is -2.31. The molecule has 2 amide bonds. The van der Waals surface area contributed by atoms with Crippen molar-refractivity contribution in [3.8, 4) is 22.9 Å². The van der Waals surface area contributed by atoms with Gasteiger partial charge < -0.3 is 5.32 Å². The SMILES string of the molecule is CCCCc1nn(-c2cc(NC(=O)c3ccncc3)ccc2C(F)(F)F)c(C#N)c1Cc1ccc(-c2ccccc2S(=O)(=O)NC(=O)c2ccccc2Cl)cc1F. The Hall–Kier alpha value is -6.37. The van der Waals surface area contributed by atoms with Crippen LogP contribution >= 0.6 is 11.6 Å². The second kappa shape index (κ2) is 16.8. The molecule has 0 saturated carbocycles. The summed E-state index contributed by atoms with van der Waals surface area (Å²) >= 11 is 6.08. The number of alkyl halides is 3. The number of aryl methyl sites for hydroxylation is 1. The van der Waals surface area contributed by atoms with Gasteiger partial charge in [0, 0.05) is 41.2 Å². The van der Waals surface area contributed by atoms with Crippen LogP contribution in [0.25, 0.3) is 16.8 Å². The molecule has 2 heterocycles. The Kier molecular flexibility index (Phi) is 11.9. The predicted molar refractivity (Wildman–Crippen MR) is 205 cm³/mol. The lowest BCUT2D eigenvalue weighted by Gasteiger charge is -2.16. The number of aromatic nitrogens is 3. The van der Waals surface area contributed by atoms with E-state index >= 15 is 4.39 Å². The number of rotatable bonds is 12. The van der Waals surface area contributed by atoms with Crippen LogP contribution in [-0.4, -0.2) is 35.0 Å². The third kappa shape index (κ3) is 8.88. The highest BCUT2D eigenvalue weighted by Crippen LogP contribution is 2.37. The van der Waals surface area contributed by atoms with E-state index in [1.54, 1.807) is 12.1 Å². The summed E-state index contributed by atoms with van der Waals surface area (Å²) in [6.07, 6.45) is -0.845. The van der Waals surface area contributed by atoms with Crippen LogP contribution in [-0.2, 0) is 29.0 Å². The first-order chi connectivity index (χ1) is 27.2. The fourth-order valence-corrected chi connectivity index (χ4v) is 7.53. The Balaban J connectivity index is 1.37. The van der Waals surface area contributed by atoms with Crippen molar-refractivity contribution in [1.29, 1.82) is 5.26 Å². The average molecular weight is 815 g/mol. The Morgan fingerprint density at radius 3 is 2.33 bits per heavy atom. The van der Waals surface area contributed by atoms with Gasteiger partial charge in [0.25, 0.3) is 21.8 Å². The van der Waals surface area contributed by atoms with Gasteiger partial charge in [-0.05, 0) is 78.6 Å². The van der Waals surface area contributed by atoms with Crippen LogP contribution < -0.4 is 10.0 Å². The first-order valence-corrected chi connectivity index (χ1v) is 19.2. The standard InChI is InChI=1S/C41H31ClF4N6O4S/c1-2-3-11-35-31(37(24-47)52(50-35)36-23-28(15-16-32(36)41(44,45)46)49-39(53)25-17-19-48-20-18-25)21-27-14-13-26(22-34(27)43)29-8-5-7-12-38(29)57(55,56)51-40(54)30-9-4-6-10-33(30)42/h4-10,12-20,22-23H,2-3,11,21H2,1H3,(H,49,53)(H,51,54). The van der Waals surface area contributed by atoms with Crippen LogP contribution in [0.15, 0.2) is 114 Å². The minimum absolute atomic E-state index is 0.00298. The fourth-order valence-electron chi connectivity index (χ4n) is 6.11. The van der Waals surface area contributed by atoms with E-state index in [2.05, 4.69) is 15.4 Å². The molecule has 0 bridgehead atoms. The summed E-state index contributed by atoms with van der Waals surface area (Å²) in [6.45, 7) is 1.90. The maximum atomic E-state index is 16.1. The zero-order chi connectivity index (χ0) is 40.9. The molecule has 0 saturated heterocycles. The summed E-state index contributed by atoms with van der Waals surface area (Å²) in [4.78, 5) is 29.2. The van der Waals surface area contributed by atoms with Crippen molar-refractivity contribution in [3.63, 3.8) is 0 Å². The van der Waals surface area contributed by atoms with Gasteiger partial charge in [-0.25, -0.2) is 22.2 Å². The maximum Gasteiger partial charge on any atom is 0.418 e. The number of unbranched alkanes of at least 4 members (excludes halogenated alkanes) is 1. The summed E-state index contributed by atoms with van der Waals surface area (Å²) in [7, 11) is -4.49. The molecule has 0 aliphatic carbocycles. The molecule has 0 aliphatic rings. The highest BCUT2D eigenvalue weighted by molar-refractivity contribution is 7.90. The zero-order valence-corrected chi connectivity index (χ0v) is 31.5. The highest BCUT2D eigenvalue weighted by Gasteiger charge is 2.36. The molecule has 4 aromatic carbocycles. The van der Waals surface area contributed by atoms with E-state index in [-0.39, 0.29) is 73.2 Å². The van der Waals surface area contributed by atoms with Gasteiger partial charge in [0.2, 0.25) is 0 Å². The zero-order valence-electron chi connectivity index (χ0n) is 29.9. The summed E-state index contributed by atoms with van der Waals surface area (Å²) in [5.41, 5.74) is -1.01. The van der Waals surface area contributed by atoms with Crippen molar-refractivity contribution in [2.75, 3.05) is 5.32 Å². The highest BCUT2D eigenvalue weighted by atomic mass is 35.5. The molecule has 290 valence electrons. The van der Waals surface area contributed by atoms with Gasteiger partial charge in [-0.15, -0.1) is 0 Å².